The van der Waals surface area contributed by atoms with Gasteiger partial charge in [-0.1, -0.05) is 32.4 Å². The first-order valence-electron chi connectivity index (χ1n) is 8.04. The summed E-state index contributed by atoms with van der Waals surface area (Å²) in [6.07, 6.45) is 6.93. The van der Waals surface area contributed by atoms with Crippen LogP contribution < -0.4 is 10.1 Å². The molecule has 110 valence electrons. The molecule has 0 amide bonds. The van der Waals surface area contributed by atoms with Gasteiger partial charge >= 0.3 is 0 Å². The molecule has 2 nitrogen and oxygen atoms in total. The van der Waals surface area contributed by atoms with Gasteiger partial charge in [-0.15, -0.1) is 0 Å². The van der Waals surface area contributed by atoms with Crippen molar-refractivity contribution in [2.24, 2.45) is 11.3 Å². The van der Waals surface area contributed by atoms with Crippen molar-refractivity contribution >= 4 is 0 Å². The predicted octanol–water partition coefficient (Wildman–Crippen LogP) is 4.31. The second kappa shape index (κ2) is 5.40. The van der Waals surface area contributed by atoms with Gasteiger partial charge in [0, 0.05) is 6.04 Å². The van der Waals surface area contributed by atoms with Crippen LogP contribution in [0.15, 0.2) is 24.3 Å². The van der Waals surface area contributed by atoms with Crippen molar-refractivity contribution in [1.82, 2.24) is 5.32 Å². The molecule has 0 saturated heterocycles. The van der Waals surface area contributed by atoms with E-state index in [4.69, 9.17) is 4.74 Å². The standard InChI is InChI=1S/C18H27NO/c1-18(2)11-5-8-16(18)17(19-3)13-6-4-7-15(12-13)20-14-9-10-14/h4,6-7,12,14,16-17,19H,5,8-11H2,1-3H3. The molecule has 3 rings (SSSR count). The molecule has 0 bridgehead atoms. The molecular formula is C18H27NO. The highest BCUT2D eigenvalue weighted by Crippen LogP contribution is 2.48. The first kappa shape index (κ1) is 13.9. The summed E-state index contributed by atoms with van der Waals surface area (Å²) in [4.78, 5) is 0. The van der Waals surface area contributed by atoms with Crippen LogP contribution in [0.4, 0.5) is 0 Å². The van der Waals surface area contributed by atoms with Gasteiger partial charge in [0.25, 0.3) is 0 Å². The highest BCUT2D eigenvalue weighted by atomic mass is 16.5. The molecule has 0 spiro atoms. The molecule has 2 aliphatic carbocycles. The second-order valence-electron chi connectivity index (χ2n) is 7.14. The summed E-state index contributed by atoms with van der Waals surface area (Å²) in [7, 11) is 2.09. The van der Waals surface area contributed by atoms with E-state index in [-0.39, 0.29) is 0 Å². The van der Waals surface area contributed by atoms with Gasteiger partial charge in [-0.2, -0.15) is 0 Å². The fourth-order valence-corrected chi connectivity index (χ4v) is 3.73. The number of hydrogen-bond acceptors (Lipinski definition) is 2. The Labute approximate surface area is 122 Å². The zero-order chi connectivity index (χ0) is 14.2. The average Bonchev–Trinajstić information content (AvgIpc) is 3.15. The van der Waals surface area contributed by atoms with Crippen molar-refractivity contribution < 1.29 is 4.74 Å². The summed E-state index contributed by atoms with van der Waals surface area (Å²) in [5.74, 6) is 1.75. The highest BCUT2D eigenvalue weighted by Gasteiger charge is 2.39. The first-order chi connectivity index (χ1) is 9.60. The van der Waals surface area contributed by atoms with Gasteiger partial charge in [0.05, 0.1) is 6.10 Å². The van der Waals surface area contributed by atoms with Crippen molar-refractivity contribution in [3.05, 3.63) is 29.8 Å². The molecule has 0 radical (unpaired) electrons. The Hall–Kier alpha value is -1.02. The van der Waals surface area contributed by atoms with E-state index in [2.05, 4.69) is 50.5 Å². The number of rotatable bonds is 5. The Kier molecular flexibility index (Phi) is 3.76. The first-order valence-corrected chi connectivity index (χ1v) is 8.04. The van der Waals surface area contributed by atoms with Crippen LogP contribution in [-0.2, 0) is 0 Å². The largest absolute Gasteiger partial charge is 0.490 e. The van der Waals surface area contributed by atoms with Crippen LogP contribution in [0, 0.1) is 11.3 Å². The zero-order valence-corrected chi connectivity index (χ0v) is 13.0. The van der Waals surface area contributed by atoms with Gasteiger partial charge in [0.1, 0.15) is 5.75 Å². The maximum absolute atomic E-state index is 5.95. The molecule has 2 atom stereocenters. The van der Waals surface area contributed by atoms with E-state index in [9.17, 15) is 0 Å². The minimum atomic E-state index is 0.432. The van der Waals surface area contributed by atoms with Crippen molar-refractivity contribution in [3.8, 4) is 5.75 Å². The lowest BCUT2D eigenvalue weighted by atomic mass is 9.75. The van der Waals surface area contributed by atoms with Gasteiger partial charge in [0.2, 0.25) is 0 Å². The molecule has 2 unspecified atom stereocenters. The smallest absolute Gasteiger partial charge is 0.120 e. The molecule has 2 aliphatic rings. The van der Waals surface area contributed by atoms with Crippen LogP contribution in [0.3, 0.4) is 0 Å². The third-order valence-electron chi connectivity index (χ3n) is 5.10. The van der Waals surface area contributed by atoms with E-state index in [1.807, 2.05) is 0 Å². The van der Waals surface area contributed by atoms with Gasteiger partial charge in [-0.25, -0.2) is 0 Å². The van der Waals surface area contributed by atoms with Gasteiger partial charge < -0.3 is 10.1 Å². The SMILES string of the molecule is CNC(c1cccc(OC2CC2)c1)C1CCCC1(C)C. The number of benzene rings is 1. The van der Waals surface area contributed by atoms with Crippen molar-refractivity contribution in [1.29, 1.82) is 0 Å². The molecule has 0 aromatic heterocycles. The number of hydrogen-bond donors (Lipinski definition) is 1. The lowest BCUT2D eigenvalue weighted by molar-refractivity contribution is 0.203. The normalized spacial score (nSPS) is 26.4. The lowest BCUT2D eigenvalue weighted by Crippen LogP contribution is -2.32. The topological polar surface area (TPSA) is 21.3 Å². The van der Waals surface area contributed by atoms with E-state index >= 15 is 0 Å². The maximum Gasteiger partial charge on any atom is 0.120 e. The van der Waals surface area contributed by atoms with E-state index in [0.29, 0.717) is 23.5 Å². The number of ether oxygens (including phenoxy) is 1. The summed E-state index contributed by atoms with van der Waals surface area (Å²) < 4.78 is 5.95. The Balaban J connectivity index is 1.81. The minimum absolute atomic E-state index is 0.432. The minimum Gasteiger partial charge on any atom is -0.490 e. The monoisotopic (exact) mass is 273 g/mol. The Bertz CT molecular complexity index is 464. The van der Waals surface area contributed by atoms with Crippen LogP contribution in [0.2, 0.25) is 0 Å². The van der Waals surface area contributed by atoms with E-state index in [0.717, 1.165) is 5.75 Å². The zero-order valence-electron chi connectivity index (χ0n) is 13.0. The van der Waals surface area contributed by atoms with Crippen molar-refractivity contribution in [2.75, 3.05) is 7.05 Å². The lowest BCUT2D eigenvalue weighted by Gasteiger charge is -2.34. The molecule has 1 aromatic carbocycles. The van der Waals surface area contributed by atoms with Gasteiger partial charge in [-0.05, 0) is 61.8 Å². The third-order valence-corrected chi connectivity index (χ3v) is 5.10. The van der Waals surface area contributed by atoms with E-state index in [1.165, 1.54) is 37.7 Å². The molecular weight excluding hydrogens is 246 g/mol. The second-order valence-corrected chi connectivity index (χ2v) is 7.14. The molecule has 1 aromatic rings. The van der Waals surface area contributed by atoms with Crippen LogP contribution in [0.1, 0.15) is 57.6 Å². The molecule has 20 heavy (non-hydrogen) atoms. The molecule has 2 fully saturated rings. The quantitative estimate of drug-likeness (QED) is 0.863. The average molecular weight is 273 g/mol. The maximum atomic E-state index is 5.95. The fraction of sp³-hybridized carbons (Fsp3) is 0.667. The summed E-state index contributed by atoms with van der Waals surface area (Å²) in [5.41, 5.74) is 1.81. The van der Waals surface area contributed by atoms with Crippen LogP contribution >= 0.6 is 0 Å². The Morgan fingerprint density at radius 1 is 1.25 bits per heavy atom. The van der Waals surface area contributed by atoms with E-state index < -0.39 is 0 Å². The van der Waals surface area contributed by atoms with Crippen LogP contribution in [0.5, 0.6) is 5.75 Å². The summed E-state index contributed by atoms with van der Waals surface area (Å²) in [6, 6.07) is 9.16. The predicted molar refractivity (Wildman–Crippen MR) is 83.0 cm³/mol. The van der Waals surface area contributed by atoms with Crippen molar-refractivity contribution in [3.63, 3.8) is 0 Å². The van der Waals surface area contributed by atoms with Crippen molar-refractivity contribution in [2.45, 2.75) is 58.1 Å². The molecule has 0 aliphatic heterocycles. The summed E-state index contributed by atoms with van der Waals surface area (Å²) in [5, 5.41) is 3.56. The highest BCUT2D eigenvalue weighted by molar-refractivity contribution is 5.32. The third kappa shape index (κ3) is 2.85. The molecule has 2 saturated carbocycles. The fourth-order valence-electron chi connectivity index (χ4n) is 3.73. The summed E-state index contributed by atoms with van der Waals surface area (Å²) in [6.45, 7) is 4.83. The molecule has 2 heteroatoms. The van der Waals surface area contributed by atoms with E-state index in [1.54, 1.807) is 0 Å². The molecule has 1 N–H and O–H groups in total. The van der Waals surface area contributed by atoms with Gasteiger partial charge in [0.15, 0.2) is 0 Å². The van der Waals surface area contributed by atoms with Crippen LogP contribution in [-0.4, -0.2) is 13.2 Å². The number of nitrogens with one attached hydrogen (secondary N) is 1. The molecule has 0 heterocycles. The Morgan fingerprint density at radius 3 is 2.65 bits per heavy atom. The summed E-state index contributed by atoms with van der Waals surface area (Å²) >= 11 is 0. The van der Waals surface area contributed by atoms with Crippen LogP contribution in [0.25, 0.3) is 0 Å². The van der Waals surface area contributed by atoms with Gasteiger partial charge in [-0.3, -0.25) is 0 Å². The Morgan fingerprint density at radius 2 is 2.05 bits per heavy atom.